The van der Waals surface area contributed by atoms with E-state index in [0.29, 0.717) is 0 Å². The topological polar surface area (TPSA) is 77.0 Å². The Morgan fingerprint density at radius 2 is 2.00 bits per heavy atom. The van der Waals surface area contributed by atoms with E-state index in [-0.39, 0.29) is 12.5 Å². The van der Waals surface area contributed by atoms with E-state index in [4.69, 9.17) is 4.74 Å². The maximum absolute atomic E-state index is 11.4. The lowest BCUT2D eigenvalue weighted by atomic mass is 10.2. The molecule has 1 aromatic carbocycles. The molecule has 0 bridgehead atoms. The SMILES string of the molecule is Cn1nc(OCc2ccccc2)c(=O)[nH]c1=O. The number of benzene rings is 1. The fraction of sp³-hybridized carbons (Fsp3) is 0.182. The number of nitrogens with zero attached hydrogens (tertiary/aromatic N) is 2. The van der Waals surface area contributed by atoms with Crippen LogP contribution in [-0.2, 0) is 13.7 Å². The number of H-pyrrole nitrogens is 1. The van der Waals surface area contributed by atoms with Crippen molar-refractivity contribution in [3.05, 3.63) is 56.7 Å². The highest BCUT2D eigenvalue weighted by molar-refractivity contribution is 5.14. The number of aromatic nitrogens is 3. The lowest BCUT2D eigenvalue weighted by Gasteiger charge is -2.04. The molecule has 2 aromatic rings. The van der Waals surface area contributed by atoms with Crippen molar-refractivity contribution in [2.75, 3.05) is 0 Å². The summed E-state index contributed by atoms with van der Waals surface area (Å²) in [4.78, 5) is 24.5. The Hall–Kier alpha value is -2.37. The minimum atomic E-state index is -0.621. The van der Waals surface area contributed by atoms with Crippen LogP contribution < -0.4 is 16.0 Å². The molecule has 0 amide bonds. The van der Waals surface area contributed by atoms with Crippen molar-refractivity contribution >= 4 is 0 Å². The summed E-state index contributed by atoms with van der Waals surface area (Å²) < 4.78 is 6.26. The maximum Gasteiger partial charge on any atom is 0.344 e. The van der Waals surface area contributed by atoms with Crippen LogP contribution >= 0.6 is 0 Å². The summed E-state index contributed by atoms with van der Waals surface area (Å²) in [5.41, 5.74) is -0.270. The van der Waals surface area contributed by atoms with Crippen molar-refractivity contribution in [3.63, 3.8) is 0 Å². The third-order valence-electron chi connectivity index (χ3n) is 2.17. The molecule has 1 heterocycles. The molecule has 0 unspecified atom stereocenters. The zero-order valence-electron chi connectivity index (χ0n) is 9.21. The molecule has 0 aliphatic heterocycles. The van der Waals surface area contributed by atoms with Crippen LogP contribution in [0.3, 0.4) is 0 Å². The number of rotatable bonds is 3. The molecule has 0 saturated carbocycles. The Kier molecular flexibility index (Phi) is 3.04. The Morgan fingerprint density at radius 3 is 2.71 bits per heavy atom. The van der Waals surface area contributed by atoms with Gasteiger partial charge < -0.3 is 4.74 Å². The molecule has 0 aliphatic rings. The highest BCUT2D eigenvalue weighted by atomic mass is 16.5. The monoisotopic (exact) mass is 233 g/mol. The molecule has 1 N–H and O–H groups in total. The van der Waals surface area contributed by atoms with E-state index in [1.807, 2.05) is 30.3 Å². The van der Waals surface area contributed by atoms with Gasteiger partial charge in [-0.3, -0.25) is 9.78 Å². The van der Waals surface area contributed by atoms with E-state index in [9.17, 15) is 9.59 Å². The van der Waals surface area contributed by atoms with Crippen LogP contribution in [0, 0.1) is 0 Å². The molecule has 0 fully saturated rings. The van der Waals surface area contributed by atoms with Gasteiger partial charge in [-0.05, 0) is 5.56 Å². The Bertz CT molecular complexity index is 616. The normalized spacial score (nSPS) is 10.2. The number of nitrogens with one attached hydrogen (secondary N) is 1. The fourth-order valence-electron chi connectivity index (χ4n) is 1.28. The van der Waals surface area contributed by atoms with E-state index in [1.54, 1.807) is 0 Å². The zero-order chi connectivity index (χ0) is 12.3. The van der Waals surface area contributed by atoms with Gasteiger partial charge in [0.05, 0.1) is 0 Å². The van der Waals surface area contributed by atoms with Gasteiger partial charge in [-0.2, -0.15) is 0 Å². The van der Waals surface area contributed by atoms with Crippen molar-refractivity contribution in [2.24, 2.45) is 7.05 Å². The maximum atomic E-state index is 11.4. The third kappa shape index (κ3) is 2.60. The fourth-order valence-corrected chi connectivity index (χ4v) is 1.28. The summed E-state index contributed by atoms with van der Waals surface area (Å²) in [6.45, 7) is 0.231. The van der Waals surface area contributed by atoms with Crippen molar-refractivity contribution in [2.45, 2.75) is 6.61 Å². The number of aromatic amines is 1. The van der Waals surface area contributed by atoms with Gasteiger partial charge in [0, 0.05) is 7.05 Å². The number of hydrogen-bond donors (Lipinski definition) is 1. The van der Waals surface area contributed by atoms with Crippen molar-refractivity contribution in [1.82, 2.24) is 14.8 Å². The summed E-state index contributed by atoms with van der Waals surface area (Å²) in [6, 6.07) is 9.38. The van der Waals surface area contributed by atoms with Gasteiger partial charge in [-0.15, -0.1) is 5.10 Å². The lowest BCUT2D eigenvalue weighted by Crippen LogP contribution is -2.31. The van der Waals surface area contributed by atoms with Gasteiger partial charge in [0.1, 0.15) is 6.61 Å². The molecular formula is C11H11N3O3. The Morgan fingerprint density at radius 1 is 1.29 bits per heavy atom. The van der Waals surface area contributed by atoms with Crippen LogP contribution in [0.5, 0.6) is 5.88 Å². The molecule has 6 nitrogen and oxygen atoms in total. The first-order valence-electron chi connectivity index (χ1n) is 5.01. The molecular weight excluding hydrogens is 222 g/mol. The van der Waals surface area contributed by atoms with E-state index in [2.05, 4.69) is 10.1 Å². The Balaban J connectivity index is 2.18. The van der Waals surface area contributed by atoms with E-state index < -0.39 is 11.2 Å². The van der Waals surface area contributed by atoms with Gasteiger partial charge in [0.15, 0.2) is 0 Å². The molecule has 17 heavy (non-hydrogen) atoms. The minimum Gasteiger partial charge on any atom is -0.468 e. The van der Waals surface area contributed by atoms with Crippen LogP contribution in [0.1, 0.15) is 5.56 Å². The Labute approximate surface area is 96.5 Å². The molecule has 2 rings (SSSR count). The van der Waals surface area contributed by atoms with Gasteiger partial charge in [0.2, 0.25) is 0 Å². The molecule has 88 valence electrons. The lowest BCUT2D eigenvalue weighted by molar-refractivity contribution is 0.278. The van der Waals surface area contributed by atoms with E-state index in [1.165, 1.54) is 7.05 Å². The van der Waals surface area contributed by atoms with E-state index >= 15 is 0 Å². The summed E-state index contributed by atoms with van der Waals surface area (Å²) >= 11 is 0. The molecule has 0 radical (unpaired) electrons. The quantitative estimate of drug-likeness (QED) is 0.812. The van der Waals surface area contributed by atoms with Crippen LogP contribution in [0.15, 0.2) is 39.9 Å². The summed E-state index contributed by atoms with van der Waals surface area (Å²) in [7, 11) is 1.44. The molecule has 1 aromatic heterocycles. The third-order valence-corrected chi connectivity index (χ3v) is 2.17. The summed E-state index contributed by atoms with van der Waals surface area (Å²) in [5.74, 6) is -0.115. The van der Waals surface area contributed by atoms with Gasteiger partial charge in [-0.1, -0.05) is 30.3 Å². The first-order chi connectivity index (χ1) is 8.16. The van der Waals surface area contributed by atoms with Gasteiger partial charge in [-0.25, -0.2) is 9.48 Å². The number of ether oxygens (including phenoxy) is 1. The second kappa shape index (κ2) is 4.65. The highest BCUT2D eigenvalue weighted by Crippen LogP contribution is 2.02. The van der Waals surface area contributed by atoms with Crippen LogP contribution in [-0.4, -0.2) is 14.8 Å². The first kappa shape index (κ1) is 11.1. The van der Waals surface area contributed by atoms with Gasteiger partial charge >= 0.3 is 11.2 Å². The second-order valence-corrected chi connectivity index (χ2v) is 3.46. The number of aryl methyl sites for hydroxylation is 1. The molecule has 0 aliphatic carbocycles. The number of hydrogen-bond acceptors (Lipinski definition) is 4. The standard InChI is InChI=1S/C11H11N3O3/c1-14-11(16)12-9(15)10(13-14)17-7-8-5-3-2-4-6-8/h2-6H,7H2,1H3,(H,12,15,16). The predicted octanol–water partition coefficient (Wildman–Crippen LogP) is 0.0476. The summed E-state index contributed by atoms with van der Waals surface area (Å²) in [6.07, 6.45) is 0. The van der Waals surface area contributed by atoms with Crippen molar-refractivity contribution in [3.8, 4) is 5.88 Å². The van der Waals surface area contributed by atoms with Crippen molar-refractivity contribution < 1.29 is 4.74 Å². The smallest absolute Gasteiger partial charge is 0.344 e. The molecule has 0 atom stereocenters. The van der Waals surface area contributed by atoms with Crippen molar-refractivity contribution in [1.29, 1.82) is 0 Å². The minimum absolute atomic E-state index is 0.115. The zero-order valence-corrected chi connectivity index (χ0v) is 9.21. The first-order valence-corrected chi connectivity index (χ1v) is 5.01. The second-order valence-electron chi connectivity index (χ2n) is 3.46. The highest BCUT2D eigenvalue weighted by Gasteiger charge is 2.05. The largest absolute Gasteiger partial charge is 0.468 e. The molecule has 6 heteroatoms. The molecule has 0 saturated heterocycles. The van der Waals surface area contributed by atoms with E-state index in [0.717, 1.165) is 10.2 Å². The van der Waals surface area contributed by atoms with Gasteiger partial charge in [0.25, 0.3) is 5.88 Å². The van der Waals surface area contributed by atoms with Crippen LogP contribution in [0.4, 0.5) is 0 Å². The van der Waals surface area contributed by atoms with Crippen LogP contribution in [0.2, 0.25) is 0 Å². The molecule has 0 spiro atoms. The average Bonchev–Trinajstić information content (AvgIpc) is 2.33. The van der Waals surface area contributed by atoms with Crippen LogP contribution in [0.25, 0.3) is 0 Å². The summed E-state index contributed by atoms with van der Waals surface area (Å²) in [5, 5.41) is 3.73. The average molecular weight is 233 g/mol. The predicted molar refractivity (Wildman–Crippen MR) is 60.9 cm³/mol.